The van der Waals surface area contributed by atoms with Crippen LogP contribution in [0.5, 0.6) is 0 Å². The van der Waals surface area contributed by atoms with Gasteiger partial charge in [-0.15, -0.1) is 0 Å². The molecule has 0 aliphatic heterocycles. The molecule has 43 heavy (non-hydrogen) atoms. The van der Waals surface area contributed by atoms with Crippen LogP contribution in [-0.2, 0) is 24.5 Å². The number of carbonyl (C=O) groups is 3. The molecule has 220 valence electrons. The third-order valence-electron chi connectivity index (χ3n) is 7.47. The van der Waals surface area contributed by atoms with Gasteiger partial charge in [-0.3, -0.25) is 24.5 Å². The lowest BCUT2D eigenvalue weighted by Gasteiger charge is -2.36. The maximum Gasteiger partial charge on any atom is 0.306 e. The SMILES string of the molecule is CCOC(=O)C[C@H](c1ccc([N+](=O)[O-])cc1)[C@@H](NC(=O)CC(c1ccccc1)(c1ccccc1)c1ccccc1)C(N)=O. The zero-order valence-electron chi connectivity index (χ0n) is 23.7. The van der Waals surface area contributed by atoms with E-state index in [-0.39, 0.29) is 25.1 Å². The first-order valence-corrected chi connectivity index (χ1v) is 13.9. The Morgan fingerprint density at radius 1 is 0.814 bits per heavy atom. The zero-order chi connectivity index (χ0) is 30.8. The summed E-state index contributed by atoms with van der Waals surface area (Å²) < 4.78 is 5.13. The number of nitro benzene ring substituents is 1. The Kier molecular flexibility index (Phi) is 10.0. The molecule has 2 atom stereocenters. The summed E-state index contributed by atoms with van der Waals surface area (Å²) in [5.74, 6) is -2.86. The summed E-state index contributed by atoms with van der Waals surface area (Å²) in [4.78, 5) is 50.2. The molecule has 3 N–H and O–H groups in total. The number of primary amides is 1. The van der Waals surface area contributed by atoms with Crippen molar-refractivity contribution in [1.82, 2.24) is 5.32 Å². The number of benzene rings is 4. The minimum atomic E-state index is -1.31. The highest BCUT2D eigenvalue weighted by atomic mass is 16.6. The molecule has 0 aliphatic rings. The lowest BCUT2D eigenvalue weighted by atomic mass is 9.67. The number of non-ortho nitro benzene ring substituents is 1. The molecule has 0 fully saturated rings. The Bertz CT molecular complexity index is 1450. The Labute approximate surface area is 249 Å². The van der Waals surface area contributed by atoms with Gasteiger partial charge in [-0.1, -0.05) is 103 Å². The molecule has 0 aliphatic carbocycles. The minimum absolute atomic E-state index is 0.0821. The smallest absolute Gasteiger partial charge is 0.306 e. The summed E-state index contributed by atoms with van der Waals surface area (Å²) in [7, 11) is 0. The number of nitrogens with two attached hydrogens (primary N) is 1. The van der Waals surface area contributed by atoms with Crippen molar-refractivity contribution in [3.05, 3.63) is 148 Å². The molecule has 0 radical (unpaired) electrons. The number of hydrogen-bond acceptors (Lipinski definition) is 6. The number of hydrogen-bond donors (Lipinski definition) is 2. The summed E-state index contributed by atoms with van der Waals surface area (Å²) >= 11 is 0. The van der Waals surface area contributed by atoms with E-state index in [9.17, 15) is 24.5 Å². The van der Waals surface area contributed by atoms with E-state index < -0.39 is 40.1 Å². The van der Waals surface area contributed by atoms with E-state index in [1.807, 2.05) is 91.0 Å². The normalized spacial score (nSPS) is 12.5. The molecule has 0 saturated carbocycles. The summed E-state index contributed by atoms with van der Waals surface area (Å²) in [5, 5.41) is 14.0. The first-order chi connectivity index (χ1) is 20.8. The molecule has 0 aromatic heterocycles. The third kappa shape index (κ3) is 7.13. The average Bonchev–Trinajstić information content (AvgIpc) is 3.03. The van der Waals surface area contributed by atoms with Gasteiger partial charge in [0.15, 0.2) is 0 Å². The van der Waals surface area contributed by atoms with Gasteiger partial charge in [-0.25, -0.2) is 0 Å². The standard InChI is InChI=1S/C34H33N3O6/c1-2-43-31(39)22-29(24-18-20-28(21-19-24)37(41)42)32(33(35)40)36-30(38)23-34(25-12-6-3-7-13-25,26-14-8-4-9-15-26)27-16-10-5-11-17-27/h3-21,29,32H,2,22-23H2,1H3,(H2,35,40)(H,36,38)/t29-,32-/m1/s1. The molecular weight excluding hydrogens is 546 g/mol. The van der Waals surface area contributed by atoms with Crippen molar-refractivity contribution in [2.45, 2.75) is 37.1 Å². The molecule has 4 rings (SSSR count). The van der Waals surface area contributed by atoms with Gasteiger partial charge in [-0.2, -0.15) is 0 Å². The van der Waals surface area contributed by atoms with Gasteiger partial charge in [0.1, 0.15) is 6.04 Å². The van der Waals surface area contributed by atoms with E-state index >= 15 is 0 Å². The Hall–Kier alpha value is -5.31. The van der Waals surface area contributed by atoms with Crippen molar-refractivity contribution in [2.75, 3.05) is 6.61 Å². The monoisotopic (exact) mass is 579 g/mol. The lowest BCUT2D eigenvalue weighted by Crippen LogP contribution is -2.50. The zero-order valence-corrected chi connectivity index (χ0v) is 23.7. The van der Waals surface area contributed by atoms with E-state index in [4.69, 9.17) is 10.5 Å². The third-order valence-corrected chi connectivity index (χ3v) is 7.47. The molecule has 0 saturated heterocycles. The number of nitrogens with one attached hydrogen (secondary N) is 1. The lowest BCUT2D eigenvalue weighted by molar-refractivity contribution is -0.384. The van der Waals surface area contributed by atoms with Crippen molar-refractivity contribution in [3.8, 4) is 0 Å². The van der Waals surface area contributed by atoms with Crippen LogP contribution in [0.25, 0.3) is 0 Å². The molecule has 9 heteroatoms. The fourth-order valence-corrected chi connectivity index (χ4v) is 5.48. The molecular formula is C34H33N3O6. The summed E-state index contributed by atoms with van der Waals surface area (Å²) in [6, 6.07) is 33.0. The number of ether oxygens (including phenoxy) is 1. The van der Waals surface area contributed by atoms with Crippen molar-refractivity contribution in [1.29, 1.82) is 0 Å². The number of amides is 2. The predicted octanol–water partition coefficient (Wildman–Crippen LogP) is 5.03. The van der Waals surface area contributed by atoms with E-state index in [2.05, 4.69) is 5.32 Å². The molecule has 4 aromatic rings. The van der Waals surface area contributed by atoms with E-state index in [0.29, 0.717) is 5.56 Å². The quantitative estimate of drug-likeness (QED) is 0.0985. The Balaban J connectivity index is 1.77. The molecule has 4 aromatic carbocycles. The van der Waals surface area contributed by atoms with Gasteiger partial charge in [0, 0.05) is 24.5 Å². The van der Waals surface area contributed by atoms with Crippen LogP contribution >= 0.6 is 0 Å². The van der Waals surface area contributed by atoms with Crippen molar-refractivity contribution >= 4 is 23.5 Å². The van der Waals surface area contributed by atoms with Crippen LogP contribution in [-0.4, -0.2) is 35.4 Å². The second-order valence-electron chi connectivity index (χ2n) is 10.1. The number of carbonyl (C=O) groups excluding carboxylic acids is 3. The van der Waals surface area contributed by atoms with Crippen molar-refractivity contribution in [2.24, 2.45) is 5.73 Å². The van der Waals surface area contributed by atoms with Gasteiger partial charge in [-0.05, 0) is 29.2 Å². The highest BCUT2D eigenvalue weighted by Gasteiger charge is 2.40. The second-order valence-corrected chi connectivity index (χ2v) is 10.1. The van der Waals surface area contributed by atoms with Crippen LogP contribution < -0.4 is 11.1 Å². The molecule has 0 bridgehead atoms. The Morgan fingerprint density at radius 2 is 1.28 bits per heavy atom. The van der Waals surface area contributed by atoms with Crippen molar-refractivity contribution < 1.29 is 24.0 Å². The first kappa shape index (κ1) is 30.6. The Morgan fingerprint density at radius 3 is 1.67 bits per heavy atom. The van der Waals surface area contributed by atoms with E-state index in [1.165, 1.54) is 24.3 Å². The number of nitrogens with zero attached hydrogens (tertiary/aromatic N) is 1. The van der Waals surface area contributed by atoms with Crippen LogP contribution in [0.2, 0.25) is 0 Å². The molecule has 0 unspecified atom stereocenters. The van der Waals surface area contributed by atoms with Crippen LogP contribution in [0, 0.1) is 10.1 Å². The van der Waals surface area contributed by atoms with Crippen LogP contribution in [0.15, 0.2) is 115 Å². The van der Waals surface area contributed by atoms with E-state index in [0.717, 1.165) is 16.7 Å². The molecule has 2 amide bonds. The summed E-state index contributed by atoms with van der Waals surface area (Å²) in [6.45, 7) is 1.77. The number of esters is 1. The number of nitro groups is 1. The molecule has 9 nitrogen and oxygen atoms in total. The second kappa shape index (κ2) is 14.0. The predicted molar refractivity (Wildman–Crippen MR) is 162 cm³/mol. The maximum atomic E-state index is 14.1. The van der Waals surface area contributed by atoms with E-state index in [1.54, 1.807) is 6.92 Å². The fourth-order valence-electron chi connectivity index (χ4n) is 5.48. The van der Waals surface area contributed by atoms with Crippen molar-refractivity contribution in [3.63, 3.8) is 0 Å². The van der Waals surface area contributed by atoms with Gasteiger partial charge < -0.3 is 15.8 Å². The topological polar surface area (TPSA) is 142 Å². The van der Waals surface area contributed by atoms with Gasteiger partial charge >= 0.3 is 5.97 Å². The first-order valence-electron chi connectivity index (χ1n) is 13.9. The average molecular weight is 580 g/mol. The van der Waals surface area contributed by atoms with Gasteiger partial charge in [0.25, 0.3) is 5.69 Å². The highest BCUT2D eigenvalue weighted by molar-refractivity contribution is 5.89. The molecule has 0 spiro atoms. The highest BCUT2D eigenvalue weighted by Crippen LogP contribution is 2.42. The van der Waals surface area contributed by atoms with Gasteiger partial charge in [0.05, 0.1) is 23.4 Å². The molecule has 0 heterocycles. The van der Waals surface area contributed by atoms with Gasteiger partial charge in [0.2, 0.25) is 11.8 Å². The van der Waals surface area contributed by atoms with Crippen LogP contribution in [0.1, 0.15) is 47.9 Å². The fraction of sp³-hybridized carbons (Fsp3) is 0.206. The van der Waals surface area contributed by atoms with Crippen LogP contribution in [0.4, 0.5) is 5.69 Å². The number of rotatable bonds is 13. The maximum absolute atomic E-state index is 14.1. The summed E-state index contributed by atoms with van der Waals surface area (Å²) in [5.41, 5.74) is 7.78. The minimum Gasteiger partial charge on any atom is -0.466 e. The largest absolute Gasteiger partial charge is 0.466 e. The van der Waals surface area contributed by atoms with Crippen LogP contribution in [0.3, 0.4) is 0 Å². The summed E-state index contributed by atoms with van der Waals surface area (Å²) in [6.07, 6.45) is -0.359.